The van der Waals surface area contributed by atoms with Crippen LogP contribution in [0.2, 0.25) is 0 Å². The lowest BCUT2D eigenvalue weighted by Crippen LogP contribution is -2.49. The standard InChI is InChI=1S/C27H22F3NO2/c28-27(29,30)23-9-5-4-8-22(23)25(32)31-16-14-26(15-17-31)13-12-21-18-20(10-11-24(21)33-26)19-6-2-1-3-7-19/h1-13,18H,14-17H2. The lowest BCUT2D eigenvalue weighted by Gasteiger charge is -2.42. The summed E-state index contributed by atoms with van der Waals surface area (Å²) in [5, 5.41) is 0. The smallest absolute Gasteiger partial charge is 0.417 e. The van der Waals surface area contributed by atoms with Gasteiger partial charge in [0.1, 0.15) is 11.4 Å². The molecule has 0 aromatic heterocycles. The Balaban J connectivity index is 1.31. The number of benzene rings is 3. The van der Waals surface area contributed by atoms with Crippen molar-refractivity contribution in [3.05, 3.63) is 95.6 Å². The van der Waals surface area contributed by atoms with Crippen molar-refractivity contribution in [2.24, 2.45) is 0 Å². The maximum Gasteiger partial charge on any atom is 0.417 e. The van der Waals surface area contributed by atoms with Gasteiger partial charge in [-0.15, -0.1) is 0 Å². The first kappa shape index (κ1) is 21.3. The molecule has 3 aromatic carbocycles. The van der Waals surface area contributed by atoms with E-state index in [1.165, 1.54) is 23.1 Å². The number of piperidine rings is 1. The number of hydrogen-bond acceptors (Lipinski definition) is 2. The number of halogens is 3. The van der Waals surface area contributed by atoms with Gasteiger partial charge in [-0.25, -0.2) is 0 Å². The van der Waals surface area contributed by atoms with E-state index in [2.05, 4.69) is 18.2 Å². The molecule has 0 unspecified atom stereocenters. The number of carbonyl (C=O) groups is 1. The second kappa shape index (κ2) is 8.10. The van der Waals surface area contributed by atoms with Crippen LogP contribution in [0.25, 0.3) is 17.2 Å². The Morgan fingerprint density at radius 3 is 2.30 bits per heavy atom. The summed E-state index contributed by atoms with van der Waals surface area (Å²) in [5.74, 6) is 0.185. The molecule has 168 valence electrons. The van der Waals surface area contributed by atoms with Gasteiger partial charge in [-0.3, -0.25) is 4.79 Å². The van der Waals surface area contributed by atoms with Gasteiger partial charge in [0.2, 0.25) is 0 Å². The Hall–Kier alpha value is -3.54. The Morgan fingerprint density at radius 2 is 1.58 bits per heavy atom. The number of fused-ring (bicyclic) bond motifs is 1. The van der Waals surface area contributed by atoms with Gasteiger partial charge in [0.05, 0.1) is 11.1 Å². The molecule has 0 N–H and O–H groups in total. The molecule has 0 atom stereocenters. The first-order valence-electron chi connectivity index (χ1n) is 10.9. The molecule has 0 radical (unpaired) electrons. The summed E-state index contributed by atoms with van der Waals surface area (Å²) in [6.07, 6.45) is 0.532. The minimum absolute atomic E-state index is 0.306. The molecule has 3 nitrogen and oxygen atoms in total. The van der Waals surface area contributed by atoms with E-state index in [0.717, 1.165) is 28.5 Å². The van der Waals surface area contributed by atoms with Crippen LogP contribution in [-0.2, 0) is 6.18 Å². The lowest BCUT2D eigenvalue weighted by atomic mass is 9.87. The number of ether oxygens (including phenoxy) is 1. The monoisotopic (exact) mass is 449 g/mol. The van der Waals surface area contributed by atoms with Crippen molar-refractivity contribution < 1.29 is 22.7 Å². The molecule has 0 saturated carbocycles. The van der Waals surface area contributed by atoms with Gasteiger partial charge in [-0.1, -0.05) is 54.6 Å². The van der Waals surface area contributed by atoms with Crippen LogP contribution < -0.4 is 4.74 Å². The predicted molar refractivity (Wildman–Crippen MR) is 121 cm³/mol. The molecule has 1 spiro atoms. The highest BCUT2D eigenvalue weighted by molar-refractivity contribution is 5.96. The average Bonchev–Trinajstić information content (AvgIpc) is 2.84. The topological polar surface area (TPSA) is 29.5 Å². The highest BCUT2D eigenvalue weighted by atomic mass is 19.4. The first-order chi connectivity index (χ1) is 15.8. The number of amides is 1. The minimum Gasteiger partial charge on any atom is -0.482 e. The third-order valence-corrected chi connectivity index (χ3v) is 6.36. The molecule has 33 heavy (non-hydrogen) atoms. The summed E-state index contributed by atoms with van der Waals surface area (Å²) >= 11 is 0. The lowest BCUT2D eigenvalue weighted by molar-refractivity contribution is -0.138. The molecule has 1 saturated heterocycles. The maximum atomic E-state index is 13.3. The summed E-state index contributed by atoms with van der Waals surface area (Å²) in [5.41, 5.74) is 1.45. The summed E-state index contributed by atoms with van der Waals surface area (Å²) in [7, 11) is 0. The summed E-state index contributed by atoms with van der Waals surface area (Å²) in [6.45, 7) is 0.652. The Morgan fingerprint density at radius 1 is 0.879 bits per heavy atom. The molecule has 2 aliphatic heterocycles. The Labute approximate surface area is 190 Å². The molecule has 6 heteroatoms. The van der Waals surface area contributed by atoms with Crippen molar-refractivity contribution >= 4 is 12.0 Å². The fourth-order valence-corrected chi connectivity index (χ4v) is 4.52. The highest BCUT2D eigenvalue weighted by Gasteiger charge is 2.40. The zero-order valence-corrected chi connectivity index (χ0v) is 17.8. The second-order valence-electron chi connectivity index (χ2n) is 8.45. The van der Waals surface area contributed by atoms with Crippen LogP contribution in [0.5, 0.6) is 5.75 Å². The molecule has 1 amide bonds. The van der Waals surface area contributed by atoms with E-state index in [1.54, 1.807) is 0 Å². The van der Waals surface area contributed by atoms with E-state index < -0.39 is 23.2 Å². The van der Waals surface area contributed by atoms with Gasteiger partial charge in [0, 0.05) is 31.5 Å². The SMILES string of the molecule is O=C(c1ccccc1C(F)(F)F)N1CCC2(C=Cc3cc(-c4ccccc4)ccc3O2)CC1. The molecular weight excluding hydrogens is 427 g/mol. The van der Waals surface area contributed by atoms with Gasteiger partial charge in [0.15, 0.2) is 0 Å². The average molecular weight is 449 g/mol. The zero-order chi connectivity index (χ0) is 23.1. The molecule has 5 rings (SSSR count). The third-order valence-electron chi connectivity index (χ3n) is 6.36. The van der Waals surface area contributed by atoms with Crippen molar-refractivity contribution in [3.63, 3.8) is 0 Å². The van der Waals surface area contributed by atoms with Gasteiger partial charge in [-0.05, 0) is 41.5 Å². The molecule has 0 aliphatic carbocycles. The summed E-state index contributed by atoms with van der Waals surface area (Å²) in [4.78, 5) is 14.4. The van der Waals surface area contributed by atoms with Crippen LogP contribution in [0.15, 0.2) is 78.9 Å². The first-order valence-corrected chi connectivity index (χ1v) is 10.9. The van der Waals surface area contributed by atoms with Crippen molar-refractivity contribution in [1.29, 1.82) is 0 Å². The Bertz CT molecular complexity index is 1210. The van der Waals surface area contributed by atoms with E-state index in [1.807, 2.05) is 42.5 Å². The zero-order valence-electron chi connectivity index (χ0n) is 17.8. The minimum atomic E-state index is -4.57. The number of likely N-dealkylation sites (tertiary alicyclic amines) is 1. The number of alkyl halides is 3. The molecule has 0 bridgehead atoms. The fourth-order valence-electron chi connectivity index (χ4n) is 4.52. The Kier molecular flexibility index (Phi) is 5.23. The van der Waals surface area contributed by atoms with Crippen molar-refractivity contribution in [1.82, 2.24) is 4.90 Å². The molecule has 2 aliphatic rings. The quantitative estimate of drug-likeness (QED) is 0.450. The van der Waals surface area contributed by atoms with E-state index >= 15 is 0 Å². The number of hydrogen-bond donors (Lipinski definition) is 0. The predicted octanol–water partition coefficient (Wildman–Crippen LogP) is 6.45. The van der Waals surface area contributed by atoms with Crippen LogP contribution in [0, 0.1) is 0 Å². The molecular formula is C27H22F3NO2. The normalized spacial score (nSPS) is 16.9. The van der Waals surface area contributed by atoms with E-state index in [9.17, 15) is 18.0 Å². The maximum absolute atomic E-state index is 13.3. The van der Waals surface area contributed by atoms with Crippen molar-refractivity contribution in [2.45, 2.75) is 24.6 Å². The number of rotatable bonds is 2. The van der Waals surface area contributed by atoms with Crippen LogP contribution >= 0.6 is 0 Å². The van der Waals surface area contributed by atoms with Crippen molar-refractivity contribution in [2.75, 3.05) is 13.1 Å². The van der Waals surface area contributed by atoms with E-state index in [4.69, 9.17) is 4.74 Å². The van der Waals surface area contributed by atoms with Crippen LogP contribution in [0.4, 0.5) is 13.2 Å². The molecule has 1 fully saturated rings. The molecule has 2 heterocycles. The van der Waals surface area contributed by atoms with Crippen molar-refractivity contribution in [3.8, 4) is 16.9 Å². The van der Waals surface area contributed by atoms with Gasteiger partial charge >= 0.3 is 6.18 Å². The summed E-state index contributed by atoms with van der Waals surface area (Å²) < 4.78 is 46.4. The van der Waals surface area contributed by atoms with Crippen LogP contribution in [0.3, 0.4) is 0 Å². The van der Waals surface area contributed by atoms with Gasteiger partial charge in [-0.2, -0.15) is 13.2 Å². The van der Waals surface area contributed by atoms with Crippen LogP contribution in [0.1, 0.15) is 34.3 Å². The second-order valence-corrected chi connectivity index (χ2v) is 8.45. The number of nitrogens with zero attached hydrogens (tertiary/aromatic N) is 1. The number of carbonyl (C=O) groups excluding carboxylic acids is 1. The molecule has 3 aromatic rings. The van der Waals surface area contributed by atoms with E-state index in [-0.39, 0.29) is 5.56 Å². The van der Waals surface area contributed by atoms with E-state index in [0.29, 0.717) is 25.9 Å². The van der Waals surface area contributed by atoms with Gasteiger partial charge < -0.3 is 9.64 Å². The largest absolute Gasteiger partial charge is 0.482 e. The fraction of sp³-hybridized carbons (Fsp3) is 0.222. The summed E-state index contributed by atoms with van der Waals surface area (Å²) in [6, 6.07) is 21.1. The highest BCUT2D eigenvalue weighted by Crippen LogP contribution is 2.39. The van der Waals surface area contributed by atoms with Gasteiger partial charge in [0.25, 0.3) is 5.91 Å². The third kappa shape index (κ3) is 4.13. The van der Waals surface area contributed by atoms with Crippen LogP contribution in [-0.4, -0.2) is 29.5 Å².